The molecule has 2 amide bonds. The Balaban J connectivity index is 1.09. The molecule has 2 fully saturated rings. The summed E-state index contributed by atoms with van der Waals surface area (Å²) in [4.78, 5) is 46.5. The third kappa shape index (κ3) is 10.1. The van der Waals surface area contributed by atoms with Crippen molar-refractivity contribution in [3.8, 4) is 11.1 Å². The number of hydrogen-bond acceptors (Lipinski definition) is 5. The Hall–Kier alpha value is -5.40. The molecule has 64 heavy (non-hydrogen) atoms. The predicted molar refractivity (Wildman–Crippen MR) is 256 cm³/mol. The fraction of sp³-hybridized carbons (Fsp3) is 0.411. The second-order valence-corrected chi connectivity index (χ2v) is 18.5. The number of nitrogens with zero attached hydrogens (tertiary/aromatic N) is 2. The van der Waals surface area contributed by atoms with Crippen molar-refractivity contribution in [2.45, 2.75) is 120 Å². The van der Waals surface area contributed by atoms with Crippen LogP contribution in [-0.2, 0) is 24.7 Å². The number of benzene rings is 5. The van der Waals surface area contributed by atoms with Crippen LogP contribution in [0, 0.1) is 0 Å². The Morgan fingerprint density at radius 1 is 0.641 bits per heavy atom. The molecule has 1 unspecified atom stereocenters. The lowest BCUT2D eigenvalue weighted by molar-refractivity contribution is -0.157. The normalized spacial score (nSPS) is 17.7. The second-order valence-electron chi connectivity index (χ2n) is 18.1. The fourth-order valence-corrected chi connectivity index (χ4v) is 10.7. The number of esters is 1. The second kappa shape index (κ2) is 21.5. The van der Waals surface area contributed by atoms with Crippen molar-refractivity contribution in [2.75, 3.05) is 26.7 Å². The molecule has 5 aromatic carbocycles. The number of likely N-dealkylation sites (N-methyl/N-ethyl adjacent to an activating group) is 1. The maximum absolute atomic E-state index is 14.9. The van der Waals surface area contributed by atoms with Crippen LogP contribution in [0.1, 0.15) is 142 Å². The Morgan fingerprint density at radius 2 is 1.16 bits per heavy atom. The van der Waals surface area contributed by atoms with E-state index in [1.165, 1.54) is 74.7 Å². The van der Waals surface area contributed by atoms with Crippen molar-refractivity contribution in [3.63, 3.8) is 0 Å². The maximum atomic E-state index is 14.9. The van der Waals surface area contributed by atoms with E-state index in [-0.39, 0.29) is 24.9 Å². The third-order valence-corrected chi connectivity index (χ3v) is 14.3. The highest BCUT2D eigenvalue weighted by Gasteiger charge is 2.44. The average molecular weight is 880 g/mol. The molecule has 2 atom stereocenters. The van der Waals surface area contributed by atoms with Crippen molar-refractivity contribution in [1.29, 1.82) is 0 Å². The van der Waals surface area contributed by atoms with Gasteiger partial charge in [-0.15, -0.1) is 0 Å². The van der Waals surface area contributed by atoms with Crippen molar-refractivity contribution in [2.24, 2.45) is 0 Å². The first-order valence-electron chi connectivity index (χ1n) is 23.8. The zero-order valence-electron chi connectivity index (χ0n) is 37.4. The van der Waals surface area contributed by atoms with E-state index in [0.717, 1.165) is 59.1 Å². The highest BCUT2D eigenvalue weighted by Crippen LogP contribution is 2.46. The van der Waals surface area contributed by atoms with Gasteiger partial charge in [0, 0.05) is 47.8 Å². The van der Waals surface area contributed by atoms with Crippen LogP contribution in [0.15, 0.2) is 127 Å². The number of likely N-dealkylation sites (tertiary alicyclic amines) is 1. The molecule has 334 valence electrons. The molecule has 8 heteroatoms. The molecule has 0 spiro atoms. The Morgan fingerprint density at radius 3 is 1.75 bits per heavy atom. The smallest absolute Gasteiger partial charge is 0.410 e. The van der Waals surface area contributed by atoms with Crippen LogP contribution in [0.2, 0.25) is 5.02 Å². The molecule has 3 aliphatic rings. The van der Waals surface area contributed by atoms with Gasteiger partial charge in [0.25, 0.3) is 0 Å². The highest BCUT2D eigenvalue weighted by atomic mass is 35.5. The van der Waals surface area contributed by atoms with Gasteiger partial charge in [-0.05, 0) is 65.5 Å². The number of rotatable bonds is 11. The third-order valence-electron chi connectivity index (χ3n) is 14.0. The largest absolute Gasteiger partial charge is 0.448 e. The van der Waals surface area contributed by atoms with Crippen LogP contribution in [0.3, 0.4) is 0 Å². The van der Waals surface area contributed by atoms with Gasteiger partial charge in [-0.2, -0.15) is 0 Å². The van der Waals surface area contributed by atoms with Crippen molar-refractivity contribution in [3.05, 3.63) is 166 Å². The van der Waals surface area contributed by atoms with Crippen LogP contribution >= 0.6 is 11.6 Å². The standard InChI is InChI=1S/C56H63ClN2O5/c1-58(55(62)63-40-49-47-29-17-15-27-45(47)46-28-16-18-30-48(46)49)52(54(61)59-37-21-22-38-59)39-53(60)64-56(43-25-13-10-14-26-43,50-31-19-20-32-51(50)57)44-35-33-42(34-36-44)41-23-11-8-6-4-2-3-5-7-9-12-24-41/h10,13-20,25-36,41,49,52H,2-9,11-12,21-24,37-40H2,1H3/t52-,56?/m1/s1. The molecule has 1 heterocycles. The van der Waals surface area contributed by atoms with E-state index in [9.17, 15) is 14.4 Å². The predicted octanol–water partition coefficient (Wildman–Crippen LogP) is 13.2. The Labute approximate surface area is 385 Å². The van der Waals surface area contributed by atoms with Crippen LogP contribution in [0.25, 0.3) is 11.1 Å². The molecule has 8 rings (SSSR count). The minimum absolute atomic E-state index is 0.0900. The number of amides is 2. The van der Waals surface area contributed by atoms with Gasteiger partial charge in [0.15, 0.2) is 5.60 Å². The van der Waals surface area contributed by atoms with Gasteiger partial charge in [0.05, 0.1) is 6.42 Å². The molecule has 7 nitrogen and oxygen atoms in total. The summed E-state index contributed by atoms with van der Waals surface area (Å²) < 4.78 is 12.9. The molecule has 0 bridgehead atoms. The minimum atomic E-state index is -1.47. The van der Waals surface area contributed by atoms with Crippen LogP contribution in [-0.4, -0.2) is 60.6 Å². The summed E-state index contributed by atoms with van der Waals surface area (Å²) in [5, 5.41) is 0.443. The number of carbonyl (C=O) groups excluding carboxylic acids is 3. The summed E-state index contributed by atoms with van der Waals surface area (Å²) >= 11 is 7.11. The van der Waals surface area contributed by atoms with Crippen molar-refractivity contribution >= 4 is 29.6 Å². The van der Waals surface area contributed by atoms with Gasteiger partial charge in [-0.25, -0.2) is 4.79 Å². The molecule has 1 aliphatic heterocycles. The lowest BCUT2D eigenvalue weighted by atomic mass is 9.78. The lowest BCUT2D eigenvalue weighted by Crippen LogP contribution is -2.50. The molecule has 0 aromatic heterocycles. The number of hydrogen-bond donors (Lipinski definition) is 0. The van der Waals surface area contributed by atoms with Crippen molar-refractivity contribution in [1.82, 2.24) is 9.80 Å². The van der Waals surface area contributed by atoms with Crippen LogP contribution in [0.5, 0.6) is 0 Å². The van der Waals surface area contributed by atoms with E-state index >= 15 is 0 Å². The zero-order valence-corrected chi connectivity index (χ0v) is 38.2. The SMILES string of the molecule is CN(C(=O)OCC1c2ccccc2-c2ccccc21)[C@H](CC(=O)OC(c1ccccc1)(c1ccc(C2CCCCCCCCCCCC2)cc1)c1ccccc1Cl)C(=O)N1CCCC1. The highest BCUT2D eigenvalue weighted by molar-refractivity contribution is 6.31. The Bertz CT molecular complexity index is 2280. The number of ether oxygens (including phenoxy) is 2. The first-order chi connectivity index (χ1) is 31.3. The van der Waals surface area contributed by atoms with Crippen LogP contribution in [0.4, 0.5) is 4.79 Å². The molecule has 1 saturated carbocycles. The van der Waals surface area contributed by atoms with Crippen LogP contribution < -0.4 is 0 Å². The molecule has 2 aliphatic carbocycles. The molecule has 5 aromatic rings. The lowest BCUT2D eigenvalue weighted by Gasteiger charge is -2.37. The van der Waals surface area contributed by atoms with Gasteiger partial charge in [-0.1, -0.05) is 197 Å². The molecule has 0 N–H and O–H groups in total. The van der Waals surface area contributed by atoms with E-state index in [1.807, 2.05) is 78.9 Å². The topological polar surface area (TPSA) is 76.1 Å². The first kappa shape index (κ1) is 45.2. The molecular weight excluding hydrogens is 816 g/mol. The monoisotopic (exact) mass is 878 g/mol. The summed E-state index contributed by atoms with van der Waals surface area (Å²) in [6.45, 7) is 1.21. The quantitative estimate of drug-likeness (QED) is 0.0976. The van der Waals surface area contributed by atoms with Crippen molar-refractivity contribution < 1.29 is 23.9 Å². The minimum Gasteiger partial charge on any atom is -0.448 e. The summed E-state index contributed by atoms with van der Waals surface area (Å²) in [6, 6.07) is 41.0. The van der Waals surface area contributed by atoms with Gasteiger partial charge in [0.1, 0.15) is 12.6 Å². The zero-order chi connectivity index (χ0) is 44.3. The number of carbonyl (C=O) groups is 3. The summed E-state index contributed by atoms with van der Waals surface area (Å²) in [5.41, 5.74) is 6.34. The fourth-order valence-electron chi connectivity index (χ4n) is 10.5. The Kier molecular flexibility index (Phi) is 15.2. The van der Waals surface area contributed by atoms with E-state index in [0.29, 0.717) is 29.6 Å². The van der Waals surface area contributed by atoms with E-state index < -0.39 is 23.7 Å². The maximum Gasteiger partial charge on any atom is 0.410 e. The molecular formula is C56H63ClN2O5. The summed E-state index contributed by atoms with van der Waals surface area (Å²) in [5.74, 6) is -0.644. The number of fused-ring (bicyclic) bond motifs is 3. The van der Waals surface area contributed by atoms with Gasteiger partial charge < -0.3 is 14.4 Å². The van der Waals surface area contributed by atoms with Gasteiger partial charge in [-0.3, -0.25) is 14.5 Å². The summed E-state index contributed by atoms with van der Waals surface area (Å²) in [7, 11) is 1.55. The van der Waals surface area contributed by atoms with E-state index in [1.54, 1.807) is 11.9 Å². The van der Waals surface area contributed by atoms with Gasteiger partial charge in [0.2, 0.25) is 5.91 Å². The van der Waals surface area contributed by atoms with Gasteiger partial charge >= 0.3 is 12.1 Å². The van der Waals surface area contributed by atoms with E-state index in [4.69, 9.17) is 21.1 Å². The summed E-state index contributed by atoms with van der Waals surface area (Å²) in [6.07, 6.45) is 16.0. The molecule has 1 saturated heterocycles. The molecule has 0 radical (unpaired) electrons. The van der Waals surface area contributed by atoms with E-state index in [2.05, 4.69) is 48.5 Å². The average Bonchev–Trinajstić information content (AvgIpc) is 3.99. The number of halogens is 1. The first-order valence-corrected chi connectivity index (χ1v) is 24.2.